The summed E-state index contributed by atoms with van der Waals surface area (Å²) in [7, 11) is 0. The van der Waals surface area contributed by atoms with Gasteiger partial charge in [-0.1, -0.05) is 28.1 Å². The van der Waals surface area contributed by atoms with Crippen molar-refractivity contribution in [2.45, 2.75) is 12.1 Å². The van der Waals surface area contributed by atoms with E-state index in [-0.39, 0.29) is 13.2 Å². The second-order valence-electron chi connectivity index (χ2n) is 4.40. The molecule has 5 heteroatoms. The fourth-order valence-corrected chi connectivity index (χ4v) is 2.31. The molecule has 0 radical (unpaired) electrons. The van der Waals surface area contributed by atoms with E-state index in [0.29, 0.717) is 19.7 Å². The van der Waals surface area contributed by atoms with Crippen LogP contribution in [0.1, 0.15) is 5.56 Å². The summed E-state index contributed by atoms with van der Waals surface area (Å²) in [5.41, 5.74) is 0.207. The van der Waals surface area contributed by atoms with Gasteiger partial charge in [0.05, 0.1) is 25.9 Å². The molecule has 1 saturated heterocycles. The van der Waals surface area contributed by atoms with Crippen molar-refractivity contribution in [3.63, 3.8) is 0 Å². The molecule has 0 aromatic heterocycles. The van der Waals surface area contributed by atoms with Crippen molar-refractivity contribution < 1.29 is 9.84 Å². The standard InChI is InChI=1S/C13H15BrN2O2/c14-12-3-1-11(2-4-12)7-16-5-6-18-10-13(16,8-15)9-17/h1-4,17H,5-7,9-10H2/t13-/m1/s1. The zero-order valence-electron chi connectivity index (χ0n) is 9.97. The van der Waals surface area contributed by atoms with Crippen molar-refractivity contribution in [2.24, 2.45) is 0 Å². The molecule has 1 heterocycles. The third kappa shape index (κ3) is 2.73. The van der Waals surface area contributed by atoms with Crippen molar-refractivity contribution in [2.75, 3.05) is 26.4 Å². The molecule has 0 bridgehead atoms. The maximum absolute atomic E-state index is 9.48. The molecule has 0 spiro atoms. The molecule has 0 aliphatic carbocycles. The van der Waals surface area contributed by atoms with Crippen LogP contribution in [0.3, 0.4) is 0 Å². The fourth-order valence-electron chi connectivity index (χ4n) is 2.05. The second-order valence-corrected chi connectivity index (χ2v) is 5.32. The predicted molar refractivity (Wildman–Crippen MR) is 70.8 cm³/mol. The van der Waals surface area contributed by atoms with Crippen LogP contribution in [0.2, 0.25) is 0 Å². The zero-order chi connectivity index (χ0) is 13.0. The first-order chi connectivity index (χ1) is 8.70. The smallest absolute Gasteiger partial charge is 0.156 e. The van der Waals surface area contributed by atoms with Crippen molar-refractivity contribution >= 4 is 15.9 Å². The lowest BCUT2D eigenvalue weighted by atomic mass is 9.99. The summed E-state index contributed by atoms with van der Waals surface area (Å²) in [4.78, 5) is 1.99. The summed E-state index contributed by atoms with van der Waals surface area (Å²) in [6, 6.07) is 10.2. The van der Waals surface area contributed by atoms with E-state index in [1.165, 1.54) is 0 Å². The van der Waals surface area contributed by atoms with E-state index in [2.05, 4.69) is 22.0 Å². The number of nitrogens with zero attached hydrogens (tertiary/aromatic N) is 2. The Hall–Kier alpha value is -0.930. The molecule has 1 aliphatic rings. The van der Waals surface area contributed by atoms with Gasteiger partial charge in [-0.05, 0) is 17.7 Å². The van der Waals surface area contributed by atoms with Gasteiger partial charge in [-0.15, -0.1) is 0 Å². The van der Waals surface area contributed by atoms with E-state index in [0.717, 1.165) is 10.0 Å². The summed E-state index contributed by atoms with van der Waals surface area (Å²) in [5.74, 6) is 0. The minimum absolute atomic E-state index is 0.208. The average molecular weight is 311 g/mol. The van der Waals surface area contributed by atoms with Crippen LogP contribution in [0.5, 0.6) is 0 Å². The van der Waals surface area contributed by atoms with E-state index in [9.17, 15) is 10.4 Å². The van der Waals surface area contributed by atoms with Gasteiger partial charge < -0.3 is 9.84 Å². The van der Waals surface area contributed by atoms with Crippen LogP contribution < -0.4 is 0 Å². The van der Waals surface area contributed by atoms with E-state index in [4.69, 9.17) is 4.74 Å². The molecule has 2 rings (SSSR count). The van der Waals surface area contributed by atoms with Crippen LogP contribution in [0, 0.1) is 11.3 Å². The van der Waals surface area contributed by atoms with Crippen LogP contribution >= 0.6 is 15.9 Å². The van der Waals surface area contributed by atoms with E-state index >= 15 is 0 Å². The number of aliphatic hydroxyl groups excluding tert-OH is 1. The number of rotatable bonds is 3. The van der Waals surface area contributed by atoms with E-state index in [1.54, 1.807) is 0 Å². The molecule has 1 aromatic rings. The number of nitriles is 1. The Morgan fingerprint density at radius 2 is 2.17 bits per heavy atom. The number of aliphatic hydroxyl groups is 1. The van der Waals surface area contributed by atoms with Gasteiger partial charge in [-0.2, -0.15) is 5.26 Å². The Morgan fingerprint density at radius 3 is 2.78 bits per heavy atom. The number of benzene rings is 1. The van der Waals surface area contributed by atoms with Crippen molar-refractivity contribution in [1.29, 1.82) is 5.26 Å². The van der Waals surface area contributed by atoms with Gasteiger partial charge in [0, 0.05) is 17.6 Å². The molecule has 96 valence electrons. The summed E-state index contributed by atoms with van der Waals surface area (Å²) in [5, 5.41) is 18.8. The van der Waals surface area contributed by atoms with E-state index in [1.807, 2.05) is 29.2 Å². The highest BCUT2D eigenvalue weighted by Crippen LogP contribution is 2.22. The predicted octanol–water partition coefficient (Wildman–Crippen LogP) is 1.54. The molecule has 0 unspecified atom stereocenters. The normalized spacial score (nSPS) is 24.7. The average Bonchev–Trinajstić information content (AvgIpc) is 2.42. The highest BCUT2D eigenvalue weighted by molar-refractivity contribution is 9.10. The van der Waals surface area contributed by atoms with E-state index < -0.39 is 5.54 Å². The largest absolute Gasteiger partial charge is 0.393 e. The first kappa shape index (κ1) is 13.5. The van der Waals surface area contributed by atoms with Gasteiger partial charge in [-0.25, -0.2) is 0 Å². The molecular weight excluding hydrogens is 296 g/mol. The molecule has 1 aromatic carbocycles. The lowest BCUT2D eigenvalue weighted by Gasteiger charge is -2.40. The number of halogens is 1. The van der Waals surface area contributed by atoms with Crippen molar-refractivity contribution in [3.05, 3.63) is 34.3 Å². The third-order valence-electron chi connectivity index (χ3n) is 3.21. The molecule has 1 atom stereocenters. The Labute approximate surface area is 115 Å². The number of hydrogen-bond acceptors (Lipinski definition) is 4. The maximum Gasteiger partial charge on any atom is 0.156 e. The first-order valence-electron chi connectivity index (χ1n) is 5.79. The fraction of sp³-hybridized carbons (Fsp3) is 0.462. The minimum atomic E-state index is -0.911. The van der Waals surface area contributed by atoms with Gasteiger partial charge in [0.1, 0.15) is 0 Å². The van der Waals surface area contributed by atoms with Crippen LogP contribution in [0.4, 0.5) is 0 Å². The van der Waals surface area contributed by atoms with Gasteiger partial charge in [0.25, 0.3) is 0 Å². The minimum Gasteiger partial charge on any atom is -0.393 e. The molecule has 18 heavy (non-hydrogen) atoms. The Morgan fingerprint density at radius 1 is 1.44 bits per heavy atom. The SMILES string of the molecule is N#C[C@@]1(CO)COCCN1Cc1ccc(Br)cc1. The highest BCUT2D eigenvalue weighted by Gasteiger charge is 2.39. The molecular formula is C13H15BrN2O2. The lowest BCUT2D eigenvalue weighted by molar-refractivity contribution is -0.0671. The monoisotopic (exact) mass is 310 g/mol. The Kier molecular flexibility index (Phi) is 4.36. The Balaban J connectivity index is 2.15. The van der Waals surface area contributed by atoms with Gasteiger partial charge in [-0.3, -0.25) is 4.90 Å². The summed E-state index contributed by atoms with van der Waals surface area (Å²) in [6.07, 6.45) is 0. The molecule has 1 N–H and O–H groups in total. The summed E-state index contributed by atoms with van der Waals surface area (Å²) >= 11 is 3.39. The molecule has 0 amide bonds. The Bertz CT molecular complexity index is 443. The summed E-state index contributed by atoms with van der Waals surface area (Å²) < 4.78 is 6.35. The third-order valence-corrected chi connectivity index (χ3v) is 3.74. The van der Waals surface area contributed by atoms with Gasteiger partial charge in [0.2, 0.25) is 0 Å². The summed E-state index contributed by atoms with van der Waals surface area (Å²) in [6.45, 7) is 1.95. The lowest BCUT2D eigenvalue weighted by Crippen LogP contribution is -2.57. The van der Waals surface area contributed by atoms with Crippen LogP contribution in [0.25, 0.3) is 0 Å². The van der Waals surface area contributed by atoms with Crippen LogP contribution in [0.15, 0.2) is 28.7 Å². The van der Waals surface area contributed by atoms with Gasteiger partial charge >= 0.3 is 0 Å². The molecule has 1 aliphatic heterocycles. The molecule has 1 fully saturated rings. The molecule has 4 nitrogen and oxygen atoms in total. The second kappa shape index (κ2) is 5.81. The zero-order valence-corrected chi connectivity index (χ0v) is 11.6. The number of morpholine rings is 1. The highest BCUT2D eigenvalue weighted by atomic mass is 79.9. The van der Waals surface area contributed by atoms with Crippen LogP contribution in [-0.4, -0.2) is 41.9 Å². The van der Waals surface area contributed by atoms with Crippen LogP contribution in [-0.2, 0) is 11.3 Å². The van der Waals surface area contributed by atoms with Gasteiger partial charge in [0.15, 0.2) is 5.54 Å². The topological polar surface area (TPSA) is 56.5 Å². The first-order valence-corrected chi connectivity index (χ1v) is 6.59. The molecule has 0 saturated carbocycles. The van der Waals surface area contributed by atoms with Crippen molar-refractivity contribution in [3.8, 4) is 6.07 Å². The number of ether oxygens (including phenoxy) is 1. The number of hydrogen-bond donors (Lipinski definition) is 1. The van der Waals surface area contributed by atoms with Crippen molar-refractivity contribution in [1.82, 2.24) is 4.90 Å². The maximum atomic E-state index is 9.48. The quantitative estimate of drug-likeness (QED) is 0.920.